The Labute approximate surface area is 166 Å². The number of carbonyl (C=O) groups excluding carboxylic acids is 2. The lowest BCUT2D eigenvalue weighted by Crippen LogP contribution is -2.42. The van der Waals surface area contributed by atoms with Crippen LogP contribution in [0.25, 0.3) is 0 Å². The maximum atomic E-state index is 13.1. The largest absolute Gasteiger partial charge is 0.418 e. The summed E-state index contributed by atoms with van der Waals surface area (Å²) in [5.74, 6) is -0.867. The number of para-hydroxylation sites is 1. The highest BCUT2D eigenvalue weighted by molar-refractivity contribution is 5.93. The molecular formula is C21H22F3N3O2. The van der Waals surface area contributed by atoms with Crippen molar-refractivity contribution < 1.29 is 22.8 Å². The smallest absolute Gasteiger partial charge is 0.352 e. The molecule has 1 fully saturated rings. The van der Waals surface area contributed by atoms with Crippen LogP contribution >= 0.6 is 0 Å². The summed E-state index contributed by atoms with van der Waals surface area (Å²) in [4.78, 5) is 26.7. The third-order valence-corrected chi connectivity index (χ3v) is 4.63. The Bertz CT molecular complexity index is 867. The van der Waals surface area contributed by atoms with Crippen molar-refractivity contribution >= 4 is 17.5 Å². The first-order chi connectivity index (χ1) is 13.8. The van der Waals surface area contributed by atoms with Gasteiger partial charge in [-0.25, -0.2) is 0 Å². The number of nitrogens with zero attached hydrogens (tertiary/aromatic N) is 1. The Morgan fingerprint density at radius 3 is 2.31 bits per heavy atom. The maximum absolute atomic E-state index is 13.1. The molecule has 154 valence electrons. The second-order valence-corrected chi connectivity index (χ2v) is 7.10. The summed E-state index contributed by atoms with van der Waals surface area (Å²) in [6, 6.07) is 13.2. The van der Waals surface area contributed by atoms with E-state index in [1.54, 1.807) is 31.3 Å². The van der Waals surface area contributed by atoms with Gasteiger partial charge in [0.1, 0.15) is 6.04 Å². The molecule has 2 N–H and O–H groups in total. The number of nitrogens with one attached hydrogen (secondary N) is 2. The molecule has 0 radical (unpaired) electrons. The fourth-order valence-corrected chi connectivity index (χ4v) is 3.10. The van der Waals surface area contributed by atoms with Crippen molar-refractivity contribution in [2.45, 2.75) is 31.1 Å². The van der Waals surface area contributed by atoms with E-state index in [1.165, 1.54) is 23.1 Å². The number of alkyl halides is 3. The number of hydrogen-bond acceptors (Lipinski definition) is 3. The number of anilines is 1. The molecule has 0 aliphatic heterocycles. The van der Waals surface area contributed by atoms with Crippen LogP contribution in [0.5, 0.6) is 0 Å². The zero-order chi connectivity index (χ0) is 21.0. The molecule has 1 atom stereocenters. The zero-order valence-electron chi connectivity index (χ0n) is 15.9. The van der Waals surface area contributed by atoms with Crippen molar-refractivity contribution in [3.05, 3.63) is 65.7 Å². The number of benzene rings is 2. The predicted molar refractivity (Wildman–Crippen MR) is 103 cm³/mol. The average Bonchev–Trinajstić information content (AvgIpc) is 3.46. The van der Waals surface area contributed by atoms with Gasteiger partial charge in [0.05, 0.1) is 17.8 Å². The van der Waals surface area contributed by atoms with Crippen LogP contribution in [0.15, 0.2) is 54.6 Å². The third-order valence-electron chi connectivity index (χ3n) is 4.63. The molecule has 0 unspecified atom stereocenters. The zero-order valence-corrected chi connectivity index (χ0v) is 15.9. The highest BCUT2D eigenvalue weighted by atomic mass is 19.4. The minimum atomic E-state index is -4.58. The molecule has 0 aromatic heterocycles. The predicted octanol–water partition coefficient (Wildman–Crippen LogP) is 3.60. The summed E-state index contributed by atoms with van der Waals surface area (Å²) >= 11 is 0. The molecule has 0 heterocycles. The van der Waals surface area contributed by atoms with Crippen LogP contribution in [0.3, 0.4) is 0 Å². The molecule has 5 nitrogen and oxygen atoms in total. The van der Waals surface area contributed by atoms with Gasteiger partial charge in [0.2, 0.25) is 11.8 Å². The first-order valence-electron chi connectivity index (χ1n) is 9.27. The minimum Gasteiger partial charge on any atom is -0.352 e. The Morgan fingerprint density at radius 1 is 1.07 bits per heavy atom. The summed E-state index contributed by atoms with van der Waals surface area (Å²) < 4.78 is 39.4. The number of halogens is 3. The molecule has 1 aliphatic carbocycles. The second kappa shape index (κ2) is 8.65. The van der Waals surface area contributed by atoms with E-state index in [9.17, 15) is 22.8 Å². The summed E-state index contributed by atoms with van der Waals surface area (Å²) in [6.07, 6.45) is -2.73. The van der Waals surface area contributed by atoms with Gasteiger partial charge in [-0.3, -0.25) is 14.5 Å². The lowest BCUT2D eigenvalue weighted by Gasteiger charge is -2.27. The molecule has 0 spiro atoms. The molecule has 1 aliphatic rings. The first kappa shape index (κ1) is 20.9. The Kier molecular flexibility index (Phi) is 6.22. The van der Waals surface area contributed by atoms with Gasteiger partial charge in [0.15, 0.2) is 0 Å². The second-order valence-electron chi connectivity index (χ2n) is 7.10. The van der Waals surface area contributed by atoms with Crippen LogP contribution < -0.4 is 10.6 Å². The summed E-state index contributed by atoms with van der Waals surface area (Å²) in [5, 5.41) is 5.24. The van der Waals surface area contributed by atoms with Gasteiger partial charge in [-0.05, 0) is 37.6 Å². The van der Waals surface area contributed by atoms with E-state index >= 15 is 0 Å². The Morgan fingerprint density at radius 2 is 1.69 bits per heavy atom. The van der Waals surface area contributed by atoms with Crippen molar-refractivity contribution in [1.82, 2.24) is 10.2 Å². The van der Waals surface area contributed by atoms with Crippen molar-refractivity contribution in [3.63, 3.8) is 0 Å². The standard InChI is InChI=1S/C21H22F3N3O2/c1-27(13-18(28)26-17-10-6-5-9-16(17)21(22,23)24)19(14-7-3-2-4-8-14)20(29)25-15-11-12-15/h2-10,15,19H,11-13H2,1H3,(H,25,29)(H,26,28)/t19-/m0/s1. The minimum absolute atomic E-state index is 0.148. The van der Waals surface area contributed by atoms with Gasteiger partial charge in [0.25, 0.3) is 0 Å². The van der Waals surface area contributed by atoms with Crippen molar-refractivity contribution in [3.8, 4) is 0 Å². The Hall–Kier alpha value is -2.87. The fourth-order valence-electron chi connectivity index (χ4n) is 3.10. The third kappa shape index (κ3) is 5.57. The van der Waals surface area contributed by atoms with Gasteiger partial charge in [-0.2, -0.15) is 13.2 Å². The number of likely N-dealkylation sites (N-methyl/N-ethyl adjacent to an activating group) is 1. The van der Waals surface area contributed by atoms with Crippen molar-refractivity contribution in [2.24, 2.45) is 0 Å². The van der Waals surface area contributed by atoms with E-state index in [-0.39, 0.29) is 24.2 Å². The molecule has 8 heteroatoms. The van der Waals surface area contributed by atoms with E-state index in [4.69, 9.17) is 0 Å². The molecule has 0 saturated heterocycles. The topological polar surface area (TPSA) is 61.4 Å². The van der Waals surface area contributed by atoms with Crippen molar-refractivity contribution in [1.29, 1.82) is 0 Å². The quantitative estimate of drug-likeness (QED) is 0.740. The molecule has 2 aromatic carbocycles. The summed E-state index contributed by atoms with van der Waals surface area (Å²) in [7, 11) is 1.60. The molecule has 2 amide bonds. The van der Waals surface area contributed by atoms with E-state index in [1.807, 2.05) is 6.07 Å². The maximum Gasteiger partial charge on any atom is 0.418 e. The van der Waals surface area contributed by atoms with Gasteiger partial charge in [-0.1, -0.05) is 42.5 Å². The van der Waals surface area contributed by atoms with E-state index < -0.39 is 23.7 Å². The highest BCUT2D eigenvalue weighted by Gasteiger charge is 2.34. The lowest BCUT2D eigenvalue weighted by atomic mass is 10.0. The van der Waals surface area contributed by atoms with E-state index in [0.29, 0.717) is 5.56 Å². The monoisotopic (exact) mass is 405 g/mol. The molecule has 0 bridgehead atoms. The fraction of sp³-hybridized carbons (Fsp3) is 0.333. The number of carbonyl (C=O) groups is 2. The van der Waals surface area contributed by atoms with Crippen molar-refractivity contribution in [2.75, 3.05) is 18.9 Å². The van der Waals surface area contributed by atoms with Crippen LogP contribution in [0.4, 0.5) is 18.9 Å². The molecular weight excluding hydrogens is 383 g/mol. The van der Waals surface area contributed by atoms with Crippen LogP contribution in [0.2, 0.25) is 0 Å². The number of hydrogen-bond donors (Lipinski definition) is 2. The Balaban J connectivity index is 1.73. The first-order valence-corrected chi connectivity index (χ1v) is 9.27. The van der Waals surface area contributed by atoms with Crippen LogP contribution in [0.1, 0.15) is 30.0 Å². The van der Waals surface area contributed by atoms with E-state index in [0.717, 1.165) is 18.9 Å². The number of rotatable bonds is 7. The normalized spacial score (nSPS) is 15.1. The van der Waals surface area contributed by atoms with Crippen LogP contribution in [0, 0.1) is 0 Å². The van der Waals surface area contributed by atoms with Gasteiger partial charge in [-0.15, -0.1) is 0 Å². The number of amides is 2. The van der Waals surface area contributed by atoms with E-state index in [2.05, 4.69) is 10.6 Å². The summed E-state index contributed by atoms with van der Waals surface area (Å²) in [6.45, 7) is -0.246. The van der Waals surface area contributed by atoms with Crippen LogP contribution in [-0.2, 0) is 15.8 Å². The summed E-state index contributed by atoms with van der Waals surface area (Å²) in [5.41, 5.74) is -0.518. The van der Waals surface area contributed by atoms with Gasteiger partial charge < -0.3 is 10.6 Å². The molecule has 29 heavy (non-hydrogen) atoms. The molecule has 1 saturated carbocycles. The highest BCUT2D eigenvalue weighted by Crippen LogP contribution is 2.34. The lowest BCUT2D eigenvalue weighted by molar-refractivity contribution is -0.137. The molecule has 2 aromatic rings. The molecule has 3 rings (SSSR count). The van der Waals surface area contributed by atoms with Gasteiger partial charge in [0, 0.05) is 6.04 Å². The SMILES string of the molecule is CN(CC(=O)Nc1ccccc1C(F)(F)F)[C@H](C(=O)NC1CC1)c1ccccc1. The average molecular weight is 405 g/mol. The van der Waals surface area contributed by atoms with Gasteiger partial charge >= 0.3 is 6.18 Å². The van der Waals surface area contributed by atoms with Crippen LogP contribution in [-0.4, -0.2) is 36.3 Å².